The number of rotatable bonds is 10. The van der Waals surface area contributed by atoms with Crippen molar-refractivity contribution in [2.24, 2.45) is 28.3 Å². The highest BCUT2D eigenvalue weighted by Gasteiger charge is 2.40. The Balaban J connectivity index is 1.66. The summed E-state index contributed by atoms with van der Waals surface area (Å²) in [6.45, 7) is 3.38. The van der Waals surface area contributed by atoms with Gasteiger partial charge in [-0.25, -0.2) is 0 Å². The van der Waals surface area contributed by atoms with Crippen LogP contribution in [0, 0.1) is 11.8 Å². The van der Waals surface area contributed by atoms with E-state index in [1.54, 1.807) is 6.92 Å². The van der Waals surface area contributed by atoms with E-state index in [-0.39, 0.29) is 18.4 Å². The van der Waals surface area contributed by atoms with Gasteiger partial charge in [0, 0.05) is 31.6 Å². The second-order valence-electron chi connectivity index (χ2n) is 9.94. The number of benzene rings is 1. The smallest absolute Gasteiger partial charge is 0.303 e. The van der Waals surface area contributed by atoms with Crippen molar-refractivity contribution in [3.8, 4) is 0 Å². The monoisotopic (exact) mass is 485 g/mol. The zero-order valence-corrected chi connectivity index (χ0v) is 20.6. The molecule has 0 bridgehead atoms. The summed E-state index contributed by atoms with van der Waals surface area (Å²) in [5.41, 5.74) is 13.5. The number of carboxylic acids is 1. The van der Waals surface area contributed by atoms with E-state index < -0.39 is 17.9 Å². The number of imide groups is 1. The number of carbonyl (C=O) groups excluding carboxylic acids is 2. The molecule has 35 heavy (non-hydrogen) atoms. The molecule has 1 aromatic carbocycles. The minimum absolute atomic E-state index is 0.0674. The first-order chi connectivity index (χ1) is 16.7. The summed E-state index contributed by atoms with van der Waals surface area (Å²) in [5, 5.41) is 11.2. The zero-order valence-electron chi connectivity index (χ0n) is 20.6. The molecule has 0 radical (unpaired) electrons. The van der Waals surface area contributed by atoms with Gasteiger partial charge in [0.15, 0.2) is 0 Å². The predicted molar refractivity (Wildman–Crippen MR) is 135 cm³/mol. The summed E-state index contributed by atoms with van der Waals surface area (Å²) in [4.78, 5) is 42.1. The number of carboxylic acid groups (broad SMARTS) is 1. The minimum Gasteiger partial charge on any atom is -0.481 e. The molecule has 1 saturated heterocycles. The number of hydrogen-bond acceptors (Lipinski definition) is 6. The van der Waals surface area contributed by atoms with Gasteiger partial charge in [0.25, 0.3) is 0 Å². The van der Waals surface area contributed by atoms with Crippen LogP contribution < -0.4 is 16.8 Å². The largest absolute Gasteiger partial charge is 0.481 e. The molecule has 1 aliphatic heterocycles. The minimum atomic E-state index is -0.843. The molecular weight excluding hydrogens is 446 g/mol. The van der Waals surface area contributed by atoms with Gasteiger partial charge in [0.2, 0.25) is 11.8 Å². The first-order valence-electron chi connectivity index (χ1n) is 12.7. The zero-order chi connectivity index (χ0) is 25.4. The molecule has 1 aliphatic carbocycles. The highest BCUT2D eigenvalue weighted by molar-refractivity contribution is 6.00. The summed E-state index contributed by atoms with van der Waals surface area (Å²) < 4.78 is 0. The van der Waals surface area contributed by atoms with Gasteiger partial charge in [-0.15, -0.1) is 0 Å². The second kappa shape index (κ2) is 12.8. The van der Waals surface area contributed by atoms with Crippen molar-refractivity contribution in [1.29, 1.82) is 0 Å². The lowest BCUT2D eigenvalue weighted by atomic mass is 9.79. The fourth-order valence-corrected chi connectivity index (χ4v) is 5.19. The normalized spacial score (nSPS) is 22.6. The Labute approximate surface area is 207 Å². The van der Waals surface area contributed by atoms with Crippen LogP contribution in [0.2, 0.25) is 0 Å². The fraction of sp³-hybridized carbons (Fsp3) is 0.615. The van der Waals surface area contributed by atoms with Crippen molar-refractivity contribution in [3.05, 3.63) is 35.4 Å². The number of nitrogens with zero attached hydrogens (tertiary/aromatic N) is 2. The van der Waals surface area contributed by atoms with Crippen molar-refractivity contribution >= 4 is 23.6 Å². The third kappa shape index (κ3) is 7.86. The van der Waals surface area contributed by atoms with Crippen LogP contribution in [0.5, 0.6) is 0 Å². The molecule has 0 spiro atoms. The summed E-state index contributed by atoms with van der Waals surface area (Å²) in [5.74, 6) is -0.0905. The van der Waals surface area contributed by atoms with Crippen LogP contribution in [0.1, 0.15) is 69.4 Å². The molecule has 3 atom stereocenters. The Hall–Kier alpha value is -2.78. The first kappa shape index (κ1) is 26.8. The highest BCUT2D eigenvalue weighted by Crippen LogP contribution is 2.38. The average Bonchev–Trinajstić information content (AvgIpc) is 3.26. The van der Waals surface area contributed by atoms with E-state index in [4.69, 9.17) is 16.6 Å². The standard InChI is InChI=1S/C26H39N5O4/c1-17(27)25(34)30-26(35)22-14-21(19-6-3-2-4-7-19)16-31(22)15-18-9-11-20(12-10-18)24(28)29-13-5-8-23(32)33/h9-12,17,19,21-22H,2-8,13-16,27H2,1H3,(H2,28,29)(H,32,33)(H,30,34,35)/t17-,21?,22-/m0/s1. The number of nitrogens with two attached hydrogens (primary N) is 2. The maximum Gasteiger partial charge on any atom is 0.303 e. The Morgan fingerprint density at radius 1 is 1.14 bits per heavy atom. The van der Waals surface area contributed by atoms with E-state index in [1.807, 2.05) is 24.3 Å². The molecule has 1 aromatic rings. The first-order valence-corrected chi connectivity index (χ1v) is 12.7. The highest BCUT2D eigenvalue weighted by atomic mass is 16.4. The predicted octanol–water partition coefficient (Wildman–Crippen LogP) is 2.02. The molecule has 2 amide bonds. The van der Waals surface area contributed by atoms with E-state index in [0.717, 1.165) is 24.1 Å². The van der Waals surface area contributed by atoms with Gasteiger partial charge in [-0.3, -0.25) is 29.6 Å². The second-order valence-corrected chi connectivity index (χ2v) is 9.94. The van der Waals surface area contributed by atoms with Gasteiger partial charge in [-0.2, -0.15) is 0 Å². The molecule has 192 valence electrons. The van der Waals surface area contributed by atoms with Crippen LogP contribution >= 0.6 is 0 Å². The number of amides is 2. The third-order valence-electron chi connectivity index (χ3n) is 7.18. The molecule has 0 aromatic heterocycles. The van der Waals surface area contributed by atoms with E-state index >= 15 is 0 Å². The average molecular weight is 486 g/mol. The van der Waals surface area contributed by atoms with Crippen molar-refractivity contribution in [2.75, 3.05) is 13.1 Å². The van der Waals surface area contributed by atoms with E-state index in [9.17, 15) is 14.4 Å². The summed E-state index contributed by atoms with van der Waals surface area (Å²) in [7, 11) is 0. The van der Waals surface area contributed by atoms with Crippen LogP contribution in [0.15, 0.2) is 29.3 Å². The molecule has 1 heterocycles. The molecule has 2 fully saturated rings. The Kier molecular flexibility index (Phi) is 9.80. The van der Waals surface area contributed by atoms with Gasteiger partial charge in [0.05, 0.1) is 12.1 Å². The number of nitrogens with one attached hydrogen (secondary N) is 1. The van der Waals surface area contributed by atoms with Gasteiger partial charge in [0.1, 0.15) is 5.84 Å². The summed E-state index contributed by atoms with van der Waals surface area (Å²) in [6.07, 6.45) is 7.49. The van der Waals surface area contributed by atoms with Crippen molar-refractivity contribution < 1.29 is 19.5 Å². The van der Waals surface area contributed by atoms with Crippen molar-refractivity contribution in [2.45, 2.75) is 76.9 Å². The number of aliphatic imine (C=N–C) groups is 1. The maximum absolute atomic E-state index is 13.0. The molecule has 1 unspecified atom stereocenters. The van der Waals surface area contributed by atoms with Crippen molar-refractivity contribution in [3.63, 3.8) is 0 Å². The number of carbonyl (C=O) groups is 3. The lowest BCUT2D eigenvalue weighted by Crippen LogP contribution is -2.49. The number of hydrogen-bond donors (Lipinski definition) is 4. The molecule has 9 heteroatoms. The maximum atomic E-state index is 13.0. The van der Waals surface area contributed by atoms with Gasteiger partial charge in [-0.05, 0) is 37.2 Å². The topological polar surface area (TPSA) is 151 Å². The number of likely N-dealkylation sites (tertiary alicyclic amines) is 1. The quantitative estimate of drug-likeness (QED) is 0.225. The Morgan fingerprint density at radius 2 is 1.83 bits per heavy atom. The summed E-state index contributed by atoms with van der Waals surface area (Å²) >= 11 is 0. The lowest BCUT2D eigenvalue weighted by Gasteiger charge is -2.27. The van der Waals surface area contributed by atoms with E-state index in [2.05, 4.69) is 15.2 Å². The Bertz CT molecular complexity index is 909. The van der Waals surface area contributed by atoms with Crippen LogP contribution in [0.25, 0.3) is 0 Å². The third-order valence-corrected chi connectivity index (χ3v) is 7.18. The number of amidine groups is 1. The molecular formula is C26H39N5O4. The lowest BCUT2D eigenvalue weighted by molar-refractivity contribution is -0.137. The van der Waals surface area contributed by atoms with Crippen molar-refractivity contribution in [1.82, 2.24) is 10.2 Å². The summed E-state index contributed by atoms with van der Waals surface area (Å²) in [6, 6.07) is 6.66. The van der Waals surface area contributed by atoms with E-state index in [0.29, 0.717) is 37.2 Å². The molecule has 9 nitrogen and oxygen atoms in total. The Morgan fingerprint density at radius 3 is 2.46 bits per heavy atom. The van der Waals surface area contributed by atoms with Gasteiger partial charge >= 0.3 is 5.97 Å². The SMILES string of the molecule is C[C@H](N)C(=O)NC(=O)[C@@H]1CC(C2CCCCC2)CN1Cc1ccc(C(N)=NCCCC(=O)O)cc1. The van der Waals surface area contributed by atoms with E-state index in [1.165, 1.54) is 32.1 Å². The van der Waals surface area contributed by atoms with Gasteiger partial charge in [-0.1, -0.05) is 56.4 Å². The van der Waals surface area contributed by atoms with Gasteiger partial charge < -0.3 is 16.6 Å². The van der Waals surface area contributed by atoms with Crippen LogP contribution in [0.4, 0.5) is 0 Å². The molecule has 1 saturated carbocycles. The van der Waals surface area contributed by atoms with Crippen LogP contribution in [-0.4, -0.2) is 58.8 Å². The molecule has 3 rings (SSSR count). The fourth-order valence-electron chi connectivity index (χ4n) is 5.19. The van der Waals surface area contributed by atoms with Crippen LogP contribution in [-0.2, 0) is 20.9 Å². The molecule has 6 N–H and O–H groups in total. The van der Waals surface area contributed by atoms with Crippen LogP contribution in [0.3, 0.4) is 0 Å². The molecule has 2 aliphatic rings. The number of aliphatic carboxylic acids is 1.